The van der Waals surface area contributed by atoms with Gasteiger partial charge in [0.05, 0.1) is 11.0 Å². The molecule has 1 heterocycles. The Morgan fingerprint density at radius 3 is 2.39 bits per heavy atom. The van der Waals surface area contributed by atoms with E-state index >= 15 is 0 Å². The fourth-order valence-electron chi connectivity index (χ4n) is 3.22. The minimum atomic E-state index is -0.566. The molecular weight excluding hydrogens is 332 g/mol. The molecule has 2 amide bonds. The van der Waals surface area contributed by atoms with Crippen LogP contribution in [0.2, 0.25) is 5.02 Å². The molecule has 3 N–H and O–H groups in total. The van der Waals surface area contributed by atoms with Crippen molar-refractivity contribution in [3.05, 3.63) is 51.9 Å². The van der Waals surface area contributed by atoms with Gasteiger partial charge in [0.25, 0.3) is 5.91 Å². The normalized spacial score (nSPS) is 16.2. The summed E-state index contributed by atoms with van der Waals surface area (Å²) in [7, 11) is 0. The van der Waals surface area contributed by atoms with Crippen LogP contribution >= 0.6 is 22.9 Å². The molecule has 0 saturated heterocycles. The smallest absolute Gasteiger partial charge is 0.251 e. The molecule has 4 nitrogen and oxygen atoms in total. The van der Waals surface area contributed by atoms with Gasteiger partial charge in [-0.2, -0.15) is 0 Å². The van der Waals surface area contributed by atoms with Crippen molar-refractivity contribution in [1.82, 2.24) is 0 Å². The number of hydrogen-bond acceptors (Lipinski definition) is 3. The molecule has 0 radical (unpaired) electrons. The number of carbonyl (C=O) groups is 2. The van der Waals surface area contributed by atoms with E-state index in [9.17, 15) is 9.59 Å². The second-order valence-electron chi connectivity index (χ2n) is 5.78. The molecule has 1 fully saturated rings. The molecule has 0 spiro atoms. The van der Waals surface area contributed by atoms with Crippen molar-refractivity contribution < 1.29 is 9.59 Å². The average Bonchev–Trinajstić information content (AvgIpc) is 3.17. The van der Waals surface area contributed by atoms with Crippen molar-refractivity contribution in [3.8, 4) is 0 Å². The zero-order valence-corrected chi connectivity index (χ0v) is 14.0. The number of halogens is 1. The van der Waals surface area contributed by atoms with Gasteiger partial charge < -0.3 is 11.1 Å². The zero-order chi connectivity index (χ0) is 16.4. The number of primary amides is 1. The number of benzene rings is 1. The summed E-state index contributed by atoms with van der Waals surface area (Å²) in [6.45, 7) is 0. The van der Waals surface area contributed by atoms with Gasteiger partial charge in [0, 0.05) is 5.02 Å². The summed E-state index contributed by atoms with van der Waals surface area (Å²) in [6.07, 6.45) is 3.59. The van der Waals surface area contributed by atoms with E-state index in [0.29, 0.717) is 15.6 Å². The van der Waals surface area contributed by atoms with E-state index in [4.69, 9.17) is 17.3 Å². The second kappa shape index (κ2) is 6.34. The van der Waals surface area contributed by atoms with E-state index in [-0.39, 0.29) is 5.91 Å². The maximum Gasteiger partial charge on any atom is 0.251 e. The van der Waals surface area contributed by atoms with Gasteiger partial charge in [0.15, 0.2) is 0 Å². The average molecular weight is 349 g/mol. The number of nitrogens with two attached hydrogens (primary N) is 1. The summed E-state index contributed by atoms with van der Waals surface area (Å²) in [5, 5.41) is 5.83. The number of nitrogens with one attached hydrogen (secondary N) is 1. The lowest BCUT2D eigenvalue weighted by Crippen LogP contribution is -2.38. The molecule has 6 heteroatoms. The van der Waals surface area contributed by atoms with Crippen molar-refractivity contribution in [2.75, 3.05) is 5.32 Å². The molecule has 1 aromatic heterocycles. The van der Waals surface area contributed by atoms with Crippen LogP contribution < -0.4 is 11.1 Å². The van der Waals surface area contributed by atoms with Crippen LogP contribution in [0.1, 0.15) is 41.6 Å². The van der Waals surface area contributed by atoms with Crippen LogP contribution in [-0.4, -0.2) is 11.8 Å². The van der Waals surface area contributed by atoms with Crippen LogP contribution in [0.3, 0.4) is 0 Å². The van der Waals surface area contributed by atoms with Crippen molar-refractivity contribution in [2.45, 2.75) is 31.1 Å². The minimum absolute atomic E-state index is 0.0812. The molecule has 120 valence electrons. The molecule has 1 aromatic carbocycles. The minimum Gasteiger partial charge on any atom is -0.366 e. The number of amides is 2. The molecule has 3 rings (SSSR count). The largest absolute Gasteiger partial charge is 0.366 e. The summed E-state index contributed by atoms with van der Waals surface area (Å²) in [5.41, 5.74) is 6.11. The number of thiophene rings is 1. The molecule has 0 unspecified atom stereocenters. The Labute approximate surface area is 143 Å². The summed E-state index contributed by atoms with van der Waals surface area (Å²) in [5.74, 6) is -0.615. The number of anilines is 1. The highest BCUT2D eigenvalue weighted by molar-refractivity contribution is 7.14. The van der Waals surface area contributed by atoms with Crippen molar-refractivity contribution in [3.63, 3.8) is 0 Å². The molecule has 0 aliphatic heterocycles. The van der Waals surface area contributed by atoms with Crippen molar-refractivity contribution >= 4 is 39.8 Å². The van der Waals surface area contributed by atoms with E-state index in [1.807, 2.05) is 24.3 Å². The summed E-state index contributed by atoms with van der Waals surface area (Å²) < 4.78 is 0. The quantitative estimate of drug-likeness (QED) is 0.878. The molecule has 1 aliphatic carbocycles. The van der Waals surface area contributed by atoms with Crippen LogP contribution in [0.4, 0.5) is 5.00 Å². The van der Waals surface area contributed by atoms with Gasteiger partial charge in [-0.05, 0) is 42.0 Å². The third kappa shape index (κ3) is 2.99. The van der Waals surface area contributed by atoms with E-state index in [1.165, 1.54) is 11.3 Å². The van der Waals surface area contributed by atoms with Crippen molar-refractivity contribution in [1.29, 1.82) is 0 Å². The van der Waals surface area contributed by atoms with E-state index in [2.05, 4.69) is 5.32 Å². The third-order valence-corrected chi connectivity index (χ3v) is 5.53. The third-order valence-electron chi connectivity index (χ3n) is 4.45. The number of rotatable bonds is 4. The summed E-state index contributed by atoms with van der Waals surface area (Å²) >= 11 is 7.27. The Balaban J connectivity index is 1.92. The van der Waals surface area contributed by atoms with E-state index in [1.54, 1.807) is 11.4 Å². The summed E-state index contributed by atoms with van der Waals surface area (Å²) in [4.78, 5) is 24.4. The van der Waals surface area contributed by atoms with Gasteiger partial charge in [-0.1, -0.05) is 36.6 Å². The molecule has 2 aromatic rings. The Bertz CT molecular complexity index is 733. The Kier molecular flexibility index (Phi) is 4.41. The van der Waals surface area contributed by atoms with Gasteiger partial charge in [-0.15, -0.1) is 11.3 Å². The van der Waals surface area contributed by atoms with Gasteiger partial charge >= 0.3 is 0 Å². The van der Waals surface area contributed by atoms with Gasteiger partial charge in [0.2, 0.25) is 5.91 Å². The predicted octanol–water partition coefficient (Wildman–Crippen LogP) is 3.95. The molecule has 1 saturated carbocycles. The van der Waals surface area contributed by atoms with Crippen LogP contribution in [0.15, 0.2) is 35.7 Å². The Morgan fingerprint density at radius 2 is 1.78 bits per heavy atom. The predicted molar refractivity (Wildman–Crippen MR) is 93.1 cm³/mol. The first-order valence-electron chi connectivity index (χ1n) is 7.48. The maximum absolute atomic E-state index is 13.0. The first-order valence-corrected chi connectivity index (χ1v) is 8.73. The monoisotopic (exact) mass is 348 g/mol. The Morgan fingerprint density at radius 1 is 1.13 bits per heavy atom. The summed E-state index contributed by atoms with van der Waals surface area (Å²) in [6, 6.07) is 9.08. The topological polar surface area (TPSA) is 72.2 Å². The highest BCUT2D eigenvalue weighted by atomic mass is 35.5. The standard InChI is InChI=1S/C17H17ClN2O2S/c18-12-5-3-11(4-6-12)17(8-1-2-9-17)16(22)20-15-13(14(19)21)7-10-23-15/h3-7,10H,1-2,8-9H2,(H2,19,21)(H,20,22). The molecule has 23 heavy (non-hydrogen) atoms. The molecule has 0 atom stereocenters. The zero-order valence-electron chi connectivity index (χ0n) is 12.5. The highest BCUT2D eigenvalue weighted by Gasteiger charge is 2.43. The van der Waals surface area contributed by atoms with E-state index < -0.39 is 11.3 Å². The SMILES string of the molecule is NC(=O)c1ccsc1NC(=O)C1(c2ccc(Cl)cc2)CCCC1. The first-order chi connectivity index (χ1) is 11.0. The Hall–Kier alpha value is -1.85. The van der Waals surface area contributed by atoms with Gasteiger partial charge in [-0.3, -0.25) is 9.59 Å². The number of hydrogen-bond donors (Lipinski definition) is 2. The van der Waals surface area contributed by atoms with Crippen LogP contribution in [0.25, 0.3) is 0 Å². The first kappa shape index (κ1) is 16.0. The second-order valence-corrected chi connectivity index (χ2v) is 7.13. The van der Waals surface area contributed by atoms with Gasteiger partial charge in [0.1, 0.15) is 5.00 Å². The van der Waals surface area contributed by atoms with Crippen LogP contribution in [0, 0.1) is 0 Å². The van der Waals surface area contributed by atoms with Crippen LogP contribution in [-0.2, 0) is 10.2 Å². The molecular formula is C17H17ClN2O2S. The molecule has 0 bridgehead atoms. The maximum atomic E-state index is 13.0. The van der Waals surface area contributed by atoms with E-state index in [0.717, 1.165) is 31.2 Å². The fraction of sp³-hybridized carbons (Fsp3) is 0.294. The number of carbonyl (C=O) groups excluding carboxylic acids is 2. The lowest BCUT2D eigenvalue weighted by atomic mass is 9.78. The lowest BCUT2D eigenvalue weighted by molar-refractivity contribution is -0.121. The van der Waals surface area contributed by atoms with Crippen LogP contribution in [0.5, 0.6) is 0 Å². The van der Waals surface area contributed by atoms with Crippen molar-refractivity contribution in [2.24, 2.45) is 5.73 Å². The highest BCUT2D eigenvalue weighted by Crippen LogP contribution is 2.42. The lowest BCUT2D eigenvalue weighted by Gasteiger charge is -2.28. The molecule has 1 aliphatic rings. The van der Waals surface area contributed by atoms with Gasteiger partial charge in [-0.25, -0.2) is 0 Å². The fourth-order valence-corrected chi connectivity index (χ4v) is 4.13.